The number of fused-ring (bicyclic) bond motifs is 3. The van der Waals surface area contributed by atoms with E-state index in [4.69, 9.17) is 14.2 Å². The standard InChI is InChI=1S/C22H25FN4O5S.C22H24FN3O6S.C21H22FN3O6S/c1-4-7-24-21(29)18-20(28)19-17(27(2)22(18)30)9-13(11-25-19)8-14-5-6-16(23)10-15(14)12-26-33(3,31)32;1-5-32-22(28)18-20(31-3)19-17(26(2)21(18)27)9-13(11-24-19)8-14-6-7-16(23)10-15(14)12-25-33(4,29)30;1-4-31-21(28)17-19(26)18-16(25(2)20(17)27)8-12(10-23-18)7-13-5-6-15(22)9-14(13)11-24-32(3,29)30/h5-6,9-11,26,28H,4,7-8,12H2,1-3H3,(H,24,29);6-7,9-11,25H,5,8,12H2,1-4H3;5-6,8-10,24,26H,4,7,11H2,1-3H3. The molecule has 33 heteroatoms. The van der Waals surface area contributed by atoms with Crippen LogP contribution < -0.4 is 40.9 Å². The maximum absolute atomic E-state index is 13.8. The lowest BCUT2D eigenvalue weighted by molar-refractivity contribution is 0.0510. The number of hydrogen-bond donors (Lipinski definition) is 6. The van der Waals surface area contributed by atoms with Crippen molar-refractivity contribution >= 4 is 81.0 Å². The third kappa shape index (κ3) is 18.8. The van der Waals surface area contributed by atoms with Crippen molar-refractivity contribution in [2.45, 2.75) is 66.1 Å². The monoisotopic (exact) mass is 1420 g/mol. The number of benzene rings is 3. The molecule has 6 heterocycles. The molecule has 0 saturated heterocycles. The molecule has 3 aromatic carbocycles. The lowest BCUT2D eigenvalue weighted by Crippen LogP contribution is -2.33. The number of aromatic hydroxyl groups is 2. The first-order valence-electron chi connectivity index (χ1n) is 29.8. The quantitative estimate of drug-likeness (QED) is 0.0456. The molecule has 9 rings (SSSR count). The van der Waals surface area contributed by atoms with Crippen LogP contribution in [0.25, 0.3) is 33.1 Å². The van der Waals surface area contributed by atoms with Gasteiger partial charge in [0.05, 0.1) is 55.6 Å². The summed E-state index contributed by atoms with van der Waals surface area (Å²) in [6, 6.07) is 17.3. The van der Waals surface area contributed by atoms with Crippen LogP contribution in [0, 0.1) is 17.5 Å². The van der Waals surface area contributed by atoms with E-state index in [0.29, 0.717) is 86.0 Å². The maximum atomic E-state index is 13.8. The number of ether oxygens (including phenoxy) is 3. The van der Waals surface area contributed by atoms with Gasteiger partial charge in [0.15, 0.2) is 28.4 Å². The van der Waals surface area contributed by atoms with Gasteiger partial charge in [-0.3, -0.25) is 34.1 Å². The van der Waals surface area contributed by atoms with Gasteiger partial charge in [0.2, 0.25) is 30.1 Å². The van der Waals surface area contributed by atoms with E-state index in [0.717, 1.165) is 18.8 Å². The van der Waals surface area contributed by atoms with Crippen LogP contribution in [0.15, 0.2) is 106 Å². The number of hydrogen-bond acceptors (Lipinski definition) is 20. The van der Waals surface area contributed by atoms with Gasteiger partial charge < -0.3 is 43.4 Å². The molecule has 98 heavy (non-hydrogen) atoms. The summed E-state index contributed by atoms with van der Waals surface area (Å²) in [7, 11) is -4.63. The number of amides is 1. The molecule has 0 radical (unpaired) electrons. The second kappa shape index (κ2) is 32.0. The van der Waals surface area contributed by atoms with Crippen molar-refractivity contribution in [2.24, 2.45) is 21.1 Å². The van der Waals surface area contributed by atoms with Crippen molar-refractivity contribution in [3.63, 3.8) is 0 Å². The molecule has 6 N–H and O–H groups in total. The van der Waals surface area contributed by atoms with Crippen molar-refractivity contribution in [1.82, 2.24) is 48.1 Å². The third-order valence-corrected chi connectivity index (χ3v) is 17.0. The lowest BCUT2D eigenvalue weighted by atomic mass is 10.00. The van der Waals surface area contributed by atoms with E-state index in [2.05, 4.69) is 34.4 Å². The van der Waals surface area contributed by atoms with Gasteiger partial charge in [0, 0.05) is 65.9 Å². The average Bonchev–Trinajstić information content (AvgIpc) is 0.767. The van der Waals surface area contributed by atoms with E-state index in [1.807, 2.05) is 6.92 Å². The van der Waals surface area contributed by atoms with Gasteiger partial charge in [-0.2, -0.15) is 0 Å². The van der Waals surface area contributed by atoms with Crippen molar-refractivity contribution in [2.75, 3.05) is 45.6 Å². The van der Waals surface area contributed by atoms with E-state index in [9.17, 15) is 77.4 Å². The zero-order valence-corrected chi connectivity index (χ0v) is 57.2. The van der Waals surface area contributed by atoms with Gasteiger partial charge in [-0.25, -0.2) is 62.2 Å². The highest BCUT2D eigenvalue weighted by atomic mass is 32.2. The largest absolute Gasteiger partial charge is 0.505 e. The summed E-state index contributed by atoms with van der Waals surface area (Å²) in [6.45, 7) is 5.35. The highest BCUT2D eigenvalue weighted by Crippen LogP contribution is 2.31. The molecule has 0 fully saturated rings. The minimum absolute atomic E-state index is 0.0259. The summed E-state index contributed by atoms with van der Waals surface area (Å²) in [6.07, 6.45) is 9.07. The fourth-order valence-corrected chi connectivity index (χ4v) is 11.4. The zero-order valence-electron chi connectivity index (χ0n) is 54.8. The fourth-order valence-electron chi connectivity index (χ4n) is 10.1. The Morgan fingerprint density at radius 2 is 0.816 bits per heavy atom. The maximum Gasteiger partial charge on any atom is 0.347 e. The Morgan fingerprint density at radius 3 is 1.16 bits per heavy atom. The SMILES string of the molecule is CCCNC(=O)c1c(O)c2ncc(Cc3ccc(F)cc3CNS(C)(=O)=O)cc2n(C)c1=O.CCOC(=O)c1c(O)c2ncc(Cc3ccc(F)cc3CNS(C)(=O)=O)cc2n(C)c1=O.CCOC(=O)c1c(OC)c2ncc(Cc3ccc(F)cc3CNS(C)(=O)=O)cc2n(C)c1=O. The summed E-state index contributed by atoms with van der Waals surface area (Å²) in [5.74, 6) is -4.92. The predicted octanol–water partition coefficient (Wildman–Crippen LogP) is 5.05. The van der Waals surface area contributed by atoms with Crippen molar-refractivity contribution in [1.29, 1.82) is 0 Å². The van der Waals surface area contributed by atoms with Crippen LogP contribution in [0.2, 0.25) is 0 Å². The number of sulfonamides is 3. The Kier molecular flexibility index (Phi) is 24.6. The molecule has 522 valence electrons. The number of halogens is 3. The normalized spacial score (nSPS) is 11.6. The highest BCUT2D eigenvalue weighted by molar-refractivity contribution is 7.89. The second-order valence-corrected chi connectivity index (χ2v) is 27.8. The summed E-state index contributed by atoms with van der Waals surface area (Å²) in [5.41, 5.74) is 3.78. The molecular formula is C65H71F3N10O17S3. The molecule has 6 aromatic heterocycles. The fraction of sp³-hybridized carbons (Fsp3) is 0.308. The number of aromatic nitrogens is 6. The number of aryl methyl sites for hydroxylation is 3. The van der Waals surface area contributed by atoms with Gasteiger partial charge >= 0.3 is 11.9 Å². The molecule has 0 bridgehead atoms. The van der Waals surface area contributed by atoms with E-state index in [1.54, 1.807) is 56.4 Å². The Bertz CT molecular complexity index is 5150. The average molecular weight is 1420 g/mol. The van der Waals surface area contributed by atoms with Crippen LogP contribution in [-0.4, -0.2) is 128 Å². The lowest BCUT2D eigenvalue weighted by Gasteiger charge is -2.15. The minimum Gasteiger partial charge on any atom is -0.505 e. The number of carbonyl (C=O) groups is 3. The Labute approximate surface area is 560 Å². The third-order valence-electron chi connectivity index (χ3n) is 15.0. The molecule has 0 saturated carbocycles. The number of pyridine rings is 6. The molecule has 0 unspecified atom stereocenters. The molecule has 0 spiro atoms. The Hall–Kier alpha value is -9.93. The van der Waals surface area contributed by atoms with Crippen LogP contribution in [0.3, 0.4) is 0 Å². The predicted molar refractivity (Wildman–Crippen MR) is 358 cm³/mol. The van der Waals surface area contributed by atoms with Crippen LogP contribution in [0.5, 0.6) is 17.2 Å². The summed E-state index contributed by atoms with van der Waals surface area (Å²) in [4.78, 5) is 87.9. The molecule has 9 aromatic rings. The Balaban J connectivity index is 0.000000207. The number of methoxy groups -OCH3 is 1. The Morgan fingerprint density at radius 1 is 0.490 bits per heavy atom. The first-order valence-corrected chi connectivity index (χ1v) is 35.5. The molecule has 0 aliphatic heterocycles. The highest BCUT2D eigenvalue weighted by Gasteiger charge is 2.27. The number of carbonyl (C=O) groups excluding carboxylic acids is 3. The van der Waals surface area contributed by atoms with E-state index >= 15 is 0 Å². The molecule has 0 aliphatic carbocycles. The second-order valence-electron chi connectivity index (χ2n) is 22.3. The minimum atomic E-state index is -3.47. The number of rotatable bonds is 23. The summed E-state index contributed by atoms with van der Waals surface area (Å²) < 4.78 is 136. The van der Waals surface area contributed by atoms with Gasteiger partial charge in [0.25, 0.3) is 22.6 Å². The number of nitrogens with zero attached hydrogens (tertiary/aromatic N) is 6. The van der Waals surface area contributed by atoms with Crippen LogP contribution in [-0.2, 0) is 99.6 Å². The first kappa shape index (κ1) is 75.5. The summed E-state index contributed by atoms with van der Waals surface area (Å²) in [5, 5.41) is 23.6. The van der Waals surface area contributed by atoms with Crippen LogP contribution in [0.1, 0.15) is 108 Å². The summed E-state index contributed by atoms with van der Waals surface area (Å²) >= 11 is 0. The van der Waals surface area contributed by atoms with Gasteiger partial charge in [0.1, 0.15) is 39.6 Å². The van der Waals surface area contributed by atoms with Gasteiger partial charge in [-0.05, 0) is 144 Å². The van der Waals surface area contributed by atoms with E-state index in [-0.39, 0.29) is 79.1 Å². The smallest absolute Gasteiger partial charge is 0.347 e. The zero-order chi connectivity index (χ0) is 72.3. The van der Waals surface area contributed by atoms with Crippen molar-refractivity contribution in [3.05, 3.63) is 207 Å². The van der Waals surface area contributed by atoms with E-state index < -0.39 is 99.1 Å². The van der Waals surface area contributed by atoms with E-state index in [1.165, 1.54) is 90.7 Å². The molecule has 27 nitrogen and oxygen atoms in total. The van der Waals surface area contributed by atoms with Crippen molar-refractivity contribution in [3.8, 4) is 17.2 Å². The van der Waals surface area contributed by atoms with Crippen molar-refractivity contribution < 1.29 is 77.2 Å². The topological polar surface area (TPSA) is 375 Å². The van der Waals surface area contributed by atoms with Crippen LogP contribution >= 0.6 is 0 Å². The molecule has 0 atom stereocenters. The first-order chi connectivity index (χ1) is 46.1. The van der Waals surface area contributed by atoms with Gasteiger partial charge in [-0.15, -0.1) is 0 Å². The number of esters is 2. The molecular weight excluding hydrogens is 1350 g/mol. The molecule has 0 aliphatic rings. The van der Waals surface area contributed by atoms with Gasteiger partial charge in [-0.1, -0.05) is 25.1 Å². The van der Waals surface area contributed by atoms with Crippen LogP contribution in [0.4, 0.5) is 13.2 Å². The number of nitrogens with one attached hydrogen (secondary N) is 4. The molecule has 1 amide bonds.